The zero-order valence-corrected chi connectivity index (χ0v) is 14.0. The number of para-hydroxylation sites is 1. The first kappa shape index (κ1) is 18.1. The van der Waals surface area contributed by atoms with Gasteiger partial charge in [0.2, 0.25) is 5.82 Å². The van der Waals surface area contributed by atoms with Crippen LogP contribution in [0.3, 0.4) is 0 Å². The molecule has 0 fully saturated rings. The quantitative estimate of drug-likeness (QED) is 0.776. The molecule has 0 radical (unpaired) electrons. The smallest absolute Gasteiger partial charge is 0.290 e. The average Bonchev–Trinajstić information content (AvgIpc) is 2.99. The first-order valence-corrected chi connectivity index (χ1v) is 8.23. The topological polar surface area (TPSA) is 80.0 Å². The van der Waals surface area contributed by atoms with Crippen LogP contribution in [-0.2, 0) is 6.42 Å². The van der Waals surface area contributed by atoms with E-state index in [2.05, 4.69) is 15.4 Å². The Hall–Kier alpha value is -2.28. The summed E-state index contributed by atoms with van der Waals surface area (Å²) in [7, 11) is 0. The number of nitrogens with zero attached hydrogens (tertiary/aromatic N) is 3. The van der Waals surface area contributed by atoms with Crippen LogP contribution in [0.1, 0.15) is 49.6 Å². The van der Waals surface area contributed by atoms with Gasteiger partial charge in [0.1, 0.15) is 17.3 Å². The number of carbonyl (C=O) groups is 1. The predicted octanol–water partition coefficient (Wildman–Crippen LogP) is 2.25. The maximum Gasteiger partial charge on any atom is 0.290 e. The van der Waals surface area contributed by atoms with Crippen molar-refractivity contribution < 1.29 is 14.3 Å². The summed E-state index contributed by atoms with van der Waals surface area (Å²) in [4.78, 5) is 16.4. The third-order valence-electron chi connectivity index (χ3n) is 3.67. The number of aliphatic hydroxyl groups excluding tert-OH is 1. The SMILES string of the molecule is CCCc1nc(C(=O)NCCC(O)CC)nn1-c1ccccc1F. The third kappa shape index (κ3) is 4.38. The number of halogens is 1. The number of aliphatic hydroxyl groups is 1. The molecule has 1 heterocycles. The van der Waals surface area contributed by atoms with Crippen LogP contribution in [0.25, 0.3) is 5.69 Å². The van der Waals surface area contributed by atoms with Crippen molar-refractivity contribution in [1.82, 2.24) is 20.1 Å². The predicted molar refractivity (Wildman–Crippen MR) is 88.6 cm³/mol. The van der Waals surface area contributed by atoms with Crippen LogP contribution in [0.2, 0.25) is 0 Å². The normalized spacial score (nSPS) is 12.2. The van der Waals surface area contributed by atoms with Crippen molar-refractivity contribution in [3.63, 3.8) is 0 Å². The van der Waals surface area contributed by atoms with Crippen LogP contribution >= 0.6 is 0 Å². The fourth-order valence-corrected chi connectivity index (χ4v) is 2.28. The van der Waals surface area contributed by atoms with Crippen molar-refractivity contribution >= 4 is 5.91 Å². The average molecular weight is 334 g/mol. The van der Waals surface area contributed by atoms with Gasteiger partial charge in [-0.15, -0.1) is 5.10 Å². The molecule has 0 bridgehead atoms. The molecule has 0 aliphatic heterocycles. The van der Waals surface area contributed by atoms with E-state index in [1.54, 1.807) is 18.2 Å². The number of carbonyl (C=O) groups excluding carboxylic acids is 1. The van der Waals surface area contributed by atoms with Gasteiger partial charge in [-0.2, -0.15) is 0 Å². The summed E-state index contributed by atoms with van der Waals surface area (Å²) in [5.74, 6) is -0.294. The largest absolute Gasteiger partial charge is 0.393 e. The molecule has 7 heteroatoms. The number of nitrogens with one attached hydrogen (secondary N) is 1. The van der Waals surface area contributed by atoms with Crippen LogP contribution in [0.15, 0.2) is 24.3 Å². The molecule has 0 aliphatic rings. The van der Waals surface area contributed by atoms with Crippen molar-refractivity contribution in [1.29, 1.82) is 0 Å². The van der Waals surface area contributed by atoms with Crippen molar-refractivity contribution in [3.8, 4) is 5.69 Å². The number of aryl methyl sites for hydroxylation is 1. The summed E-state index contributed by atoms with van der Waals surface area (Å²) in [5, 5.41) is 16.4. The van der Waals surface area contributed by atoms with Crippen LogP contribution in [0.4, 0.5) is 4.39 Å². The second kappa shape index (κ2) is 8.54. The van der Waals surface area contributed by atoms with Gasteiger partial charge >= 0.3 is 0 Å². The highest BCUT2D eigenvalue weighted by atomic mass is 19.1. The Kier molecular flexibility index (Phi) is 6.43. The Bertz CT molecular complexity index is 687. The fraction of sp³-hybridized carbons (Fsp3) is 0.471. The van der Waals surface area contributed by atoms with E-state index in [0.717, 1.165) is 6.42 Å². The first-order valence-electron chi connectivity index (χ1n) is 8.23. The minimum atomic E-state index is -0.440. The van der Waals surface area contributed by atoms with Crippen molar-refractivity contribution in [3.05, 3.63) is 41.7 Å². The van der Waals surface area contributed by atoms with Crippen molar-refractivity contribution in [2.75, 3.05) is 6.54 Å². The molecule has 1 aromatic carbocycles. The molecule has 0 saturated carbocycles. The zero-order valence-electron chi connectivity index (χ0n) is 14.0. The van der Waals surface area contributed by atoms with E-state index in [4.69, 9.17) is 0 Å². The van der Waals surface area contributed by atoms with Gasteiger partial charge in [-0.1, -0.05) is 26.0 Å². The summed E-state index contributed by atoms with van der Waals surface area (Å²) >= 11 is 0. The van der Waals surface area contributed by atoms with Gasteiger partial charge in [-0.3, -0.25) is 4.79 Å². The lowest BCUT2D eigenvalue weighted by Crippen LogP contribution is -2.28. The van der Waals surface area contributed by atoms with Crippen LogP contribution in [0.5, 0.6) is 0 Å². The number of aromatic nitrogens is 3. The lowest BCUT2D eigenvalue weighted by Gasteiger charge is -2.07. The van der Waals surface area contributed by atoms with Crippen LogP contribution < -0.4 is 5.32 Å². The minimum absolute atomic E-state index is 0.00712. The van der Waals surface area contributed by atoms with Gasteiger partial charge in [-0.25, -0.2) is 14.1 Å². The van der Waals surface area contributed by atoms with Gasteiger partial charge in [0.25, 0.3) is 5.91 Å². The Morgan fingerprint density at radius 2 is 2.12 bits per heavy atom. The molecule has 2 N–H and O–H groups in total. The lowest BCUT2D eigenvalue weighted by molar-refractivity contribution is 0.0931. The van der Waals surface area contributed by atoms with Gasteiger partial charge < -0.3 is 10.4 Å². The van der Waals surface area contributed by atoms with E-state index >= 15 is 0 Å². The number of rotatable bonds is 8. The van der Waals surface area contributed by atoms with Crippen LogP contribution in [-0.4, -0.2) is 38.4 Å². The summed E-state index contributed by atoms with van der Waals surface area (Å²) in [6.07, 6.45) is 2.05. The maximum absolute atomic E-state index is 14.0. The summed E-state index contributed by atoms with van der Waals surface area (Å²) in [6, 6.07) is 6.25. The fourth-order valence-electron chi connectivity index (χ4n) is 2.28. The Morgan fingerprint density at radius 1 is 1.38 bits per heavy atom. The highest BCUT2D eigenvalue weighted by Gasteiger charge is 2.18. The van der Waals surface area contributed by atoms with Gasteiger partial charge in [-0.05, 0) is 31.4 Å². The number of hydrogen-bond acceptors (Lipinski definition) is 4. The second-order valence-corrected chi connectivity index (χ2v) is 5.57. The molecule has 2 aromatic rings. The van der Waals surface area contributed by atoms with Crippen molar-refractivity contribution in [2.24, 2.45) is 0 Å². The molecular weight excluding hydrogens is 311 g/mol. The Morgan fingerprint density at radius 3 is 2.79 bits per heavy atom. The summed E-state index contributed by atoms with van der Waals surface area (Å²) in [5.41, 5.74) is 0.272. The molecule has 130 valence electrons. The lowest BCUT2D eigenvalue weighted by atomic mass is 10.2. The molecule has 1 atom stereocenters. The molecule has 2 rings (SSSR count). The van der Waals surface area contributed by atoms with Gasteiger partial charge in [0, 0.05) is 13.0 Å². The molecule has 1 unspecified atom stereocenters. The molecule has 1 aromatic heterocycles. The van der Waals surface area contributed by atoms with Crippen molar-refractivity contribution in [2.45, 2.75) is 45.6 Å². The van der Waals surface area contributed by atoms with Gasteiger partial charge in [0.05, 0.1) is 6.10 Å². The van der Waals surface area contributed by atoms with Crippen LogP contribution in [0, 0.1) is 5.82 Å². The van der Waals surface area contributed by atoms with E-state index in [1.807, 2.05) is 13.8 Å². The Labute approximate surface area is 140 Å². The molecule has 0 aliphatic carbocycles. The molecule has 0 spiro atoms. The van der Waals surface area contributed by atoms with Gasteiger partial charge in [0.15, 0.2) is 0 Å². The van der Waals surface area contributed by atoms with E-state index in [1.165, 1.54) is 10.7 Å². The highest BCUT2D eigenvalue weighted by molar-refractivity contribution is 5.90. The number of hydrogen-bond donors (Lipinski definition) is 2. The maximum atomic E-state index is 14.0. The number of benzene rings is 1. The molecule has 24 heavy (non-hydrogen) atoms. The monoisotopic (exact) mass is 334 g/mol. The van der Waals surface area contributed by atoms with E-state index in [-0.39, 0.29) is 11.5 Å². The number of amides is 1. The molecule has 0 saturated heterocycles. The van der Waals surface area contributed by atoms with E-state index in [9.17, 15) is 14.3 Å². The van der Waals surface area contributed by atoms with E-state index in [0.29, 0.717) is 31.6 Å². The zero-order chi connectivity index (χ0) is 17.5. The minimum Gasteiger partial charge on any atom is -0.393 e. The Balaban J connectivity index is 2.19. The summed E-state index contributed by atoms with van der Waals surface area (Å²) in [6.45, 7) is 4.19. The molecule has 6 nitrogen and oxygen atoms in total. The third-order valence-corrected chi connectivity index (χ3v) is 3.67. The standard InChI is InChI=1S/C17H23FN4O2/c1-3-7-15-20-16(17(24)19-11-10-12(23)4-2)21-22(15)14-9-6-5-8-13(14)18/h5-6,8-9,12,23H,3-4,7,10-11H2,1-2H3,(H,19,24). The second-order valence-electron chi connectivity index (χ2n) is 5.57. The summed E-state index contributed by atoms with van der Waals surface area (Å²) < 4.78 is 15.4. The first-order chi connectivity index (χ1) is 11.6. The molecule has 1 amide bonds. The highest BCUT2D eigenvalue weighted by Crippen LogP contribution is 2.15. The van der Waals surface area contributed by atoms with E-state index < -0.39 is 17.8 Å². The molecular formula is C17H23FN4O2.